The van der Waals surface area contributed by atoms with Gasteiger partial charge in [0.2, 0.25) is 0 Å². The van der Waals surface area contributed by atoms with Gasteiger partial charge in [-0.2, -0.15) is 0 Å². The molecule has 3 nitrogen and oxygen atoms in total. The maximum Gasteiger partial charge on any atom is 0.112 e. The van der Waals surface area contributed by atoms with E-state index < -0.39 is 5.60 Å². The monoisotopic (exact) mass is 198 g/mol. The van der Waals surface area contributed by atoms with Gasteiger partial charge in [0.05, 0.1) is 11.2 Å². The van der Waals surface area contributed by atoms with E-state index in [-0.39, 0.29) is 5.92 Å². The van der Waals surface area contributed by atoms with Crippen LogP contribution in [0, 0.1) is 5.92 Å². The Labute approximate surface area is 81.8 Å². The van der Waals surface area contributed by atoms with Crippen molar-refractivity contribution in [2.24, 2.45) is 5.92 Å². The smallest absolute Gasteiger partial charge is 0.112 e. The average Bonchev–Trinajstić information content (AvgIpc) is 2.63. The number of thiazole rings is 1. The lowest BCUT2D eigenvalue weighted by atomic mass is 9.81. The number of aromatic nitrogens is 1. The summed E-state index contributed by atoms with van der Waals surface area (Å²) >= 11 is 1.54. The summed E-state index contributed by atoms with van der Waals surface area (Å²) in [5.41, 5.74) is 1.92. The Hall–Kier alpha value is -0.450. The quantitative estimate of drug-likeness (QED) is 0.706. The lowest BCUT2D eigenvalue weighted by Gasteiger charge is -2.37. The van der Waals surface area contributed by atoms with Crippen LogP contribution in [-0.4, -0.2) is 23.2 Å². The van der Waals surface area contributed by atoms with E-state index in [0.29, 0.717) is 0 Å². The largest absolute Gasteiger partial charge is 0.383 e. The molecule has 13 heavy (non-hydrogen) atoms. The third kappa shape index (κ3) is 1.49. The van der Waals surface area contributed by atoms with Crippen molar-refractivity contribution in [3.63, 3.8) is 0 Å². The normalized spacial score (nSPS) is 34.8. The minimum absolute atomic E-state index is 0.239. The first-order valence-corrected chi connectivity index (χ1v) is 5.49. The van der Waals surface area contributed by atoms with Crippen LogP contribution >= 0.6 is 11.3 Å². The van der Waals surface area contributed by atoms with E-state index >= 15 is 0 Å². The lowest BCUT2D eigenvalue weighted by Crippen LogP contribution is -2.47. The van der Waals surface area contributed by atoms with E-state index in [1.165, 1.54) is 0 Å². The molecule has 0 aromatic carbocycles. The fourth-order valence-corrected chi connectivity index (χ4v) is 2.45. The predicted octanol–water partition coefficient (Wildman–Crippen LogP) is 0.960. The summed E-state index contributed by atoms with van der Waals surface area (Å²) in [6.45, 7) is 3.80. The molecule has 2 atom stereocenters. The van der Waals surface area contributed by atoms with Crippen LogP contribution in [0.25, 0.3) is 0 Å². The molecule has 1 fully saturated rings. The van der Waals surface area contributed by atoms with E-state index in [2.05, 4.69) is 17.2 Å². The van der Waals surface area contributed by atoms with Crippen molar-refractivity contribution in [3.8, 4) is 0 Å². The summed E-state index contributed by atoms with van der Waals surface area (Å²) in [6, 6.07) is 0. The third-order valence-corrected chi connectivity index (χ3v) is 3.41. The van der Waals surface area contributed by atoms with Gasteiger partial charge < -0.3 is 10.4 Å². The second kappa shape index (κ2) is 3.36. The van der Waals surface area contributed by atoms with Crippen LogP contribution in [0.3, 0.4) is 0 Å². The molecule has 2 N–H and O–H groups in total. The highest BCUT2D eigenvalue weighted by molar-refractivity contribution is 7.07. The Balaban J connectivity index is 2.27. The van der Waals surface area contributed by atoms with Crippen molar-refractivity contribution in [3.05, 3.63) is 16.6 Å². The van der Waals surface area contributed by atoms with E-state index in [1.807, 2.05) is 5.38 Å². The molecule has 0 radical (unpaired) electrons. The van der Waals surface area contributed by atoms with Crippen molar-refractivity contribution in [1.29, 1.82) is 0 Å². The minimum Gasteiger partial charge on any atom is -0.383 e. The molecule has 4 heteroatoms. The average molecular weight is 198 g/mol. The summed E-state index contributed by atoms with van der Waals surface area (Å²) in [5.74, 6) is 0.239. The molecule has 0 aliphatic carbocycles. The molecule has 2 rings (SSSR count). The second-order valence-corrected chi connectivity index (χ2v) is 4.37. The van der Waals surface area contributed by atoms with Crippen molar-refractivity contribution < 1.29 is 5.11 Å². The van der Waals surface area contributed by atoms with Gasteiger partial charge in [-0.25, -0.2) is 4.98 Å². The third-order valence-electron chi connectivity index (χ3n) is 2.82. The maximum atomic E-state index is 10.4. The van der Waals surface area contributed by atoms with Gasteiger partial charge in [-0.3, -0.25) is 0 Å². The fraction of sp³-hybridized carbons (Fsp3) is 0.667. The number of nitrogens with one attached hydrogen (secondary N) is 1. The topological polar surface area (TPSA) is 45.1 Å². The molecule has 2 unspecified atom stereocenters. The first-order valence-electron chi connectivity index (χ1n) is 4.55. The van der Waals surface area contributed by atoms with Crippen molar-refractivity contribution in [1.82, 2.24) is 10.3 Å². The zero-order chi connectivity index (χ0) is 9.31. The predicted molar refractivity (Wildman–Crippen MR) is 52.7 cm³/mol. The van der Waals surface area contributed by atoms with E-state index in [1.54, 1.807) is 16.8 Å². The van der Waals surface area contributed by atoms with Crippen molar-refractivity contribution in [2.75, 3.05) is 13.1 Å². The van der Waals surface area contributed by atoms with Gasteiger partial charge in [0.25, 0.3) is 0 Å². The fourth-order valence-electron chi connectivity index (χ4n) is 1.82. The van der Waals surface area contributed by atoms with Crippen LogP contribution in [0.1, 0.15) is 19.0 Å². The van der Waals surface area contributed by atoms with E-state index in [4.69, 9.17) is 0 Å². The standard InChI is InChI=1S/C9H14N2OS/c1-7-4-10-3-2-9(7,12)8-5-13-6-11-8/h5-7,10,12H,2-4H2,1H3. The van der Waals surface area contributed by atoms with Gasteiger partial charge >= 0.3 is 0 Å². The first-order chi connectivity index (χ1) is 6.23. The number of rotatable bonds is 1. The molecule has 1 aromatic rings. The number of nitrogens with zero attached hydrogens (tertiary/aromatic N) is 1. The molecule has 2 heterocycles. The Morgan fingerprint density at radius 1 is 1.77 bits per heavy atom. The molecule has 0 amide bonds. The highest BCUT2D eigenvalue weighted by Crippen LogP contribution is 2.34. The Morgan fingerprint density at radius 3 is 3.23 bits per heavy atom. The second-order valence-electron chi connectivity index (χ2n) is 3.65. The van der Waals surface area contributed by atoms with Crippen LogP contribution in [0.2, 0.25) is 0 Å². The molecule has 0 bridgehead atoms. The first kappa shape index (κ1) is 9.12. The number of hydrogen-bond acceptors (Lipinski definition) is 4. The van der Waals surface area contributed by atoms with Gasteiger partial charge in [0, 0.05) is 17.8 Å². The van der Waals surface area contributed by atoms with Crippen LogP contribution < -0.4 is 5.32 Å². The summed E-state index contributed by atoms with van der Waals surface area (Å²) < 4.78 is 0. The molecule has 1 aromatic heterocycles. The SMILES string of the molecule is CC1CNCCC1(O)c1cscn1. The number of hydrogen-bond donors (Lipinski definition) is 2. The Kier molecular flexibility index (Phi) is 2.36. The highest BCUT2D eigenvalue weighted by Gasteiger charge is 2.39. The number of piperidine rings is 1. The maximum absolute atomic E-state index is 10.4. The van der Waals surface area contributed by atoms with Crippen LogP contribution in [0.5, 0.6) is 0 Å². The summed E-state index contributed by atoms with van der Waals surface area (Å²) in [7, 11) is 0. The van der Waals surface area contributed by atoms with Gasteiger partial charge in [0.15, 0.2) is 0 Å². The molecular formula is C9H14N2OS. The van der Waals surface area contributed by atoms with E-state index in [9.17, 15) is 5.11 Å². The molecule has 72 valence electrons. The van der Waals surface area contributed by atoms with Crippen LogP contribution in [0.15, 0.2) is 10.9 Å². The van der Waals surface area contributed by atoms with Gasteiger partial charge in [-0.05, 0) is 13.0 Å². The minimum atomic E-state index is -0.703. The summed E-state index contributed by atoms with van der Waals surface area (Å²) in [5, 5.41) is 15.6. The van der Waals surface area contributed by atoms with E-state index in [0.717, 1.165) is 25.2 Å². The molecule has 1 aliphatic heterocycles. The van der Waals surface area contributed by atoms with Crippen molar-refractivity contribution in [2.45, 2.75) is 18.9 Å². The molecule has 1 aliphatic rings. The lowest BCUT2D eigenvalue weighted by molar-refractivity contribution is -0.0424. The number of aliphatic hydroxyl groups is 1. The van der Waals surface area contributed by atoms with Gasteiger partial charge in [-0.1, -0.05) is 6.92 Å². The van der Waals surface area contributed by atoms with Crippen LogP contribution in [-0.2, 0) is 5.60 Å². The molecule has 0 saturated carbocycles. The zero-order valence-corrected chi connectivity index (χ0v) is 8.47. The van der Waals surface area contributed by atoms with Gasteiger partial charge in [-0.15, -0.1) is 11.3 Å². The van der Waals surface area contributed by atoms with Gasteiger partial charge in [0.1, 0.15) is 5.60 Å². The summed E-state index contributed by atoms with van der Waals surface area (Å²) in [6.07, 6.45) is 0.762. The molecule has 1 saturated heterocycles. The Bertz CT molecular complexity index is 275. The Morgan fingerprint density at radius 2 is 2.62 bits per heavy atom. The molecule has 0 spiro atoms. The van der Waals surface area contributed by atoms with Crippen molar-refractivity contribution >= 4 is 11.3 Å². The summed E-state index contributed by atoms with van der Waals surface area (Å²) in [4.78, 5) is 4.20. The highest BCUT2D eigenvalue weighted by atomic mass is 32.1. The zero-order valence-electron chi connectivity index (χ0n) is 7.66. The molecular weight excluding hydrogens is 184 g/mol. The van der Waals surface area contributed by atoms with Crippen LogP contribution in [0.4, 0.5) is 0 Å².